The molecule has 23 heavy (non-hydrogen) atoms. The van der Waals surface area contributed by atoms with Crippen LogP contribution in [0.2, 0.25) is 0 Å². The summed E-state index contributed by atoms with van der Waals surface area (Å²) in [6.07, 6.45) is 7.40. The van der Waals surface area contributed by atoms with Crippen LogP contribution in [0, 0.1) is 13.8 Å². The highest BCUT2D eigenvalue weighted by Crippen LogP contribution is 2.30. The van der Waals surface area contributed by atoms with Crippen LogP contribution in [0.5, 0.6) is 0 Å². The molecule has 0 amide bonds. The van der Waals surface area contributed by atoms with Crippen molar-refractivity contribution in [1.29, 1.82) is 0 Å². The van der Waals surface area contributed by atoms with Gasteiger partial charge in [-0.2, -0.15) is 0 Å². The van der Waals surface area contributed by atoms with E-state index < -0.39 is 0 Å². The third-order valence-electron chi connectivity index (χ3n) is 5.31. The van der Waals surface area contributed by atoms with Crippen molar-refractivity contribution in [2.24, 2.45) is 0 Å². The Hall–Kier alpha value is -1.20. The molecule has 124 valence electrons. The Morgan fingerprint density at radius 3 is 2.91 bits per heavy atom. The van der Waals surface area contributed by atoms with E-state index in [0.717, 1.165) is 13.0 Å². The van der Waals surface area contributed by atoms with Crippen LogP contribution in [0.15, 0.2) is 5.38 Å². The normalized spacial score (nSPS) is 21.7. The number of aromatic nitrogens is 3. The number of fused-ring (bicyclic) bond motifs is 1. The molecular weight excluding hydrogens is 304 g/mol. The zero-order chi connectivity index (χ0) is 15.8. The van der Waals surface area contributed by atoms with Gasteiger partial charge in [0, 0.05) is 43.2 Å². The van der Waals surface area contributed by atoms with Crippen LogP contribution in [0.4, 0.5) is 0 Å². The summed E-state index contributed by atoms with van der Waals surface area (Å²) >= 11 is 1.76. The van der Waals surface area contributed by atoms with Gasteiger partial charge >= 0.3 is 0 Å². The minimum absolute atomic E-state index is 0.626. The monoisotopic (exact) mass is 330 g/mol. The van der Waals surface area contributed by atoms with Crippen LogP contribution in [0.3, 0.4) is 0 Å². The maximum atomic E-state index is 4.85. The first-order valence-corrected chi connectivity index (χ1v) is 9.78. The van der Waals surface area contributed by atoms with Gasteiger partial charge in [0.15, 0.2) is 0 Å². The molecule has 2 aromatic rings. The summed E-state index contributed by atoms with van der Waals surface area (Å²) < 4.78 is 2.57. The molecule has 1 saturated heterocycles. The lowest BCUT2D eigenvalue weighted by Gasteiger charge is -2.21. The third kappa shape index (κ3) is 3.09. The van der Waals surface area contributed by atoms with E-state index in [4.69, 9.17) is 4.98 Å². The molecule has 0 N–H and O–H groups in total. The summed E-state index contributed by atoms with van der Waals surface area (Å²) in [7, 11) is 0. The first-order chi connectivity index (χ1) is 11.2. The molecule has 2 aliphatic rings. The van der Waals surface area contributed by atoms with Crippen molar-refractivity contribution in [2.75, 3.05) is 19.6 Å². The summed E-state index contributed by atoms with van der Waals surface area (Å²) in [5.74, 6) is 1.24. The van der Waals surface area contributed by atoms with E-state index in [0.29, 0.717) is 6.04 Å². The van der Waals surface area contributed by atoms with Crippen LogP contribution < -0.4 is 0 Å². The van der Waals surface area contributed by atoms with Crippen molar-refractivity contribution >= 4 is 11.3 Å². The maximum absolute atomic E-state index is 4.85. The molecular formula is C18H26N4S. The molecule has 0 saturated carbocycles. The number of thiazole rings is 1. The van der Waals surface area contributed by atoms with Gasteiger partial charge in [-0.1, -0.05) is 0 Å². The molecule has 1 atom stereocenters. The second kappa shape index (κ2) is 6.36. The van der Waals surface area contributed by atoms with Gasteiger partial charge in [-0.15, -0.1) is 11.3 Å². The third-order valence-corrected chi connectivity index (χ3v) is 6.13. The first-order valence-electron chi connectivity index (χ1n) is 8.90. The Kier molecular flexibility index (Phi) is 4.24. The van der Waals surface area contributed by atoms with Crippen LogP contribution in [-0.2, 0) is 19.3 Å². The lowest BCUT2D eigenvalue weighted by molar-refractivity contribution is 0.324. The van der Waals surface area contributed by atoms with Crippen molar-refractivity contribution < 1.29 is 0 Å². The summed E-state index contributed by atoms with van der Waals surface area (Å²) in [5, 5.41) is 3.39. The smallest absolute Gasteiger partial charge is 0.106 e. The van der Waals surface area contributed by atoms with Gasteiger partial charge in [0.2, 0.25) is 0 Å². The van der Waals surface area contributed by atoms with Gasteiger partial charge in [-0.25, -0.2) is 9.97 Å². The average Bonchev–Trinajstić information content (AvgIpc) is 3.23. The van der Waals surface area contributed by atoms with Gasteiger partial charge in [0.25, 0.3) is 0 Å². The molecule has 1 aliphatic carbocycles. The van der Waals surface area contributed by atoms with E-state index >= 15 is 0 Å². The number of likely N-dealkylation sites (tertiary alicyclic amines) is 1. The van der Waals surface area contributed by atoms with Gasteiger partial charge in [-0.3, -0.25) is 0 Å². The molecule has 1 aliphatic heterocycles. The standard InChI is InChI=1S/C18H26N4S/c1-13-19-17-5-3-4-6-18(17)22(13)16-8-10-21(11-16)9-7-15-12-23-14(2)20-15/h12,16H,3-11H2,1-2H3/t16-/m1/s1. The quantitative estimate of drug-likeness (QED) is 0.862. The molecule has 0 unspecified atom stereocenters. The van der Waals surface area contributed by atoms with Crippen LogP contribution in [0.25, 0.3) is 0 Å². The van der Waals surface area contributed by atoms with Crippen molar-refractivity contribution in [3.8, 4) is 0 Å². The lowest BCUT2D eigenvalue weighted by Crippen LogP contribution is -2.25. The number of nitrogens with zero attached hydrogens (tertiary/aromatic N) is 4. The first kappa shape index (κ1) is 15.3. The minimum Gasteiger partial charge on any atom is -0.328 e. The van der Waals surface area contributed by atoms with E-state index in [9.17, 15) is 0 Å². The number of hydrogen-bond acceptors (Lipinski definition) is 4. The highest BCUT2D eigenvalue weighted by atomic mass is 32.1. The van der Waals surface area contributed by atoms with Crippen LogP contribution in [0.1, 0.15) is 53.2 Å². The summed E-state index contributed by atoms with van der Waals surface area (Å²) in [5.41, 5.74) is 4.17. The number of imidazole rings is 1. The predicted molar refractivity (Wildman–Crippen MR) is 94.3 cm³/mol. The van der Waals surface area contributed by atoms with E-state index in [1.165, 1.54) is 73.1 Å². The Morgan fingerprint density at radius 2 is 2.09 bits per heavy atom. The fraction of sp³-hybridized carbons (Fsp3) is 0.667. The van der Waals surface area contributed by atoms with Crippen molar-refractivity contribution in [3.05, 3.63) is 33.3 Å². The summed E-state index contributed by atoms with van der Waals surface area (Å²) in [6, 6.07) is 0.626. The van der Waals surface area contributed by atoms with E-state index in [-0.39, 0.29) is 0 Å². The highest BCUT2D eigenvalue weighted by Gasteiger charge is 2.28. The molecule has 0 radical (unpaired) electrons. The molecule has 0 spiro atoms. The SMILES string of the molecule is Cc1nc(CCN2CC[C@@H](n3c(C)nc4c3CCCC4)C2)cs1. The molecule has 4 rings (SSSR count). The second-order valence-electron chi connectivity index (χ2n) is 6.98. The number of hydrogen-bond donors (Lipinski definition) is 0. The zero-order valence-electron chi connectivity index (χ0n) is 14.2. The predicted octanol–water partition coefficient (Wildman–Crippen LogP) is 3.32. The highest BCUT2D eigenvalue weighted by molar-refractivity contribution is 7.09. The van der Waals surface area contributed by atoms with Crippen molar-refractivity contribution in [3.63, 3.8) is 0 Å². The van der Waals surface area contributed by atoms with Gasteiger partial charge < -0.3 is 9.47 Å². The lowest BCUT2D eigenvalue weighted by atomic mass is 10.0. The maximum Gasteiger partial charge on any atom is 0.106 e. The minimum atomic E-state index is 0.626. The molecule has 1 fully saturated rings. The molecule has 4 nitrogen and oxygen atoms in total. The Morgan fingerprint density at radius 1 is 1.22 bits per heavy atom. The van der Waals surface area contributed by atoms with E-state index in [1.54, 1.807) is 11.3 Å². The fourth-order valence-corrected chi connectivity index (χ4v) is 4.85. The summed E-state index contributed by atoms with van der Waals surface area (Å²) in [4.78, 5) is 12.0. The summed E-state index contributed by atoms with van der Waals surface area (Å²) in [6.45, 7) is 7.80. The second-order valence-corrected chi connectivity index (χ2v) is 8.04. The van der Waals surface area contributed by atoms with E-state index in [2.05, 4.69) is 33.7 Å². The molecule has 2 aromatic heterocycles. The average molecular weight is 331 g/mol. The Bertz CT molecular complexity index is 687. The topological polar surface area (TPSA) is 34.0 Å². The molecule has 5 heteroatoms. The molecule has 0 aromatic carbocycles. The Labute approximate surface area is 142 Å². The van der Waals surface area contributed by atoms with Gasteiger partial charge in [0.1, 0.15) is 5.82 Å². The van der Waals surface area contributed by atoms with Gasteiger partial charge in [0.05, 0.1) is 16.4 Å². The van der Waals surface area contributed by atoms with Crippen LogP contribution in [-0.4, -0.2) is 39.1 Å². The number of rotatable bonds is 4. The Balaban J connectivity index is 1.41. The van der Waals surface area contributed by atoms with E-state index in [1.807, 2.05) is 0 Å². The van der Waals surface area contributed by atoms with Gasteiger partial charge in [-0.05, 0) is 46.0 Å². The van der Waals surface area contributed by atoms with Crippen molar-refractivity contribution in [1.82, 2.24) is 19.4 Å². The van der Waals surface area contributed by atoms with Crippen LogP contribution >= 0.6 is 11.3 Å². The zero-order valence-corrected chi connectivity index (χ0v) is 15.0. The molecule has 3 heterocycles. The fourth-order valence-electron chi connectivity index (χ4n) is 4.20. The molecule has 0 bridgehead atoms. The number of aryl methyl sites for hydroxylation is 3. The largest absolute Gasteiger partial charge is 0.328 e. The van der Waals surface area contributed by atoms with Crippen molar-refractivity contribution in [2.45, 2.75) is 58.4 Å².